The van der Waals surface area contributed by atoms with Gasteiger partial charge >= 0.3 is 5.97 Å². The number of rotatable bonds is 7. The summed E-state index contributed by atoms with van der Waals surface area (Å²) in [6, 6.07) is 7.44. The van der Waals surface area contributed by atoms with E-state index in [0.29, 0.717) is 22.7 Å². The first-order valence-electron chi connectivity index (χ1n) is 7.18. The van der Waals surface area contributed by atoms with Gasteiger partial charge in [-0.05, 0) is 43.3 Å². The molecule has 0 spiro atoms. The van der Waals surface area contributed by atoms with Gasteiger partial charge in [0, 0.05) is 6.07 Å². The van der Waals surface area contributed by atoms with Crippen LogP contribution >= 0.6 is 0 Å². The second-order valence-electron chi connectivity index (χ2n) is 4.91. The Morgan fingerprint density at radius 3 is 2.32 bits per heavy atom. The second kappa shape index (κ2) is 7.47. The van der Waals surface area contributed by atoms with Crippen LogP contribution in [0.15, 0.2) is 47.4 Å². The van der Waals surface area contributed by atoms with Crippen LogP contribution in [0.4, 0.5) is 14.5 Å². The molecule has 25 heavy (non-hydrogen) atoms. The standard InChI is InChI=1S/C16H15F2NO5S/c1-2-24-12-4-6-13(7-5-12)25(22,23)19(10-16(20)21)15-8-3-11(17)9-14(15)18/h3-9H,2,10H2,1H3,(H,20,21). The zero-order chi connectivity index (χ0) is 18.6. The number of ether oxygens (including phenoxy) is 1. The lowest BCUT2D eigenvalue weighted by Gasteiger charge is -2.23. The molecule has 0 heterocycles. The highest BCUT2D eigenvalue weighted by molar-refractivity contribution is 7.92. The lowest BCUT2D eigenvalue weighted by molar-refractivity contribution is -0.135. The Morgan fingerprint density at radius 1 is 1.16 bits per heavy atom. The molecule has 0 saturated heterocycles. The number of anilines is 1. The fourth-order valence-electron chi connectivity index (χ4n) is 2.11. The number of hydrogen-bond acceptors (Lipinski definition) is 4. The molecule has 0 aliphatic carbocycles. The van der Waals surface area contributed by atoms with Gasteiger partial charge < -0.3 is 9.84 Å². The number of carboxylic acids is 1. The quantitative estimate of drug-likeness (QED) is 0.809. The fraction of sp³-hybridized carbons (Fsp3) is 0.188. The van der Waals surface area contributed by atoms with Crippen molar-refractivity contribution in [3.63, 3.8) is 0 Å². The van der Waals surface area contributed by atoms with Crippen molar-refractivity contribution in [1.82, 2.24) is 0 Å². The van der Waals surface area contributed by atoms with Gasteiger partial charge in [0.05, 0.1) is 17.2 Å². The third kappa shape index (κ3) is 4.24. The molecule has 0 radical (unpaired) electrons. The Kier molecular flexibility index (Phi) is 5.58. The lowest BCUT2D eigenvalue weighted by Crippen LogP contribution is -2.36. The minimum absolute atomic E-state index is 0.249. The van der Waals surface area contributed by atoms with E-state index in [9.17, 15) is 22.0 Å². The molecule has 0 saturated carbocycles. The minimum Gasteiger partial charge on any atom is -0.494 e. The highest BCUT2D eigenvalue weighted by Gasteiger charge is 2.29. The van der Waals surface area contributed by atoms with Crippen LogP contribution < -0.4 is 9.04 Å². The van der Waals surface area contributed by atoms with E-state index in [1.54, 1.807) is 6.92 Å². The molecule has 0 aromatic heterocycles. The third-order valence-electron chi connectivity index (χ3n) is 3.18. The molecule has 0 aliphatic rings. The number of halogens is 2. The van der Waals surface area contributed by atoms with E-state index in [-0.39, 0.29) is 4.90 Å². The van der Waals surface area contributed by atoms with Crippen LogP contribution in [0, 0.1) is 11.6 Å². The van der Waals surface area contributed by atoms with Crippen molar-refractivity contribution in [3.05, 3.63) is 54.1 Å². The van der Waals surface area contributed by atoms with Crippen molar-refractivity contribution < 1.29 is 31.8 Å². The van der Waals surface area contributed by atoms with Crippen molar-refractivity contribution in [1.29, 1.82) is 0 Å². The molecule has 0 amide bonds. The van der Waals surface area contributed by atoms with Gasteiger partial charge in [-0.2, -0.15) is 0 Å². The number of sulfonamides is 1. The Labute approximate surface area is 143 Å². The monoisotopic (exact) mass is 371 g/mol. The summed E-state index contributed by atoms with van der Waals surface area (Å²) in [4.78, 5) is 10.8. The van der Waals surface area contributed by atoms with E-state index in [0.717, 1.165) is 12.1 Å². The van der Waals surface area contributed by atoms with E-state index >= 15 is 0 Å². The van der Waals surface area contributed by atoms with Crippen LogP contribution in [-0.4, -0.2) is 32.6 Å². The second-order valence-corrected chi connectivity index (χ2v) is 6.77. The smallest absolute Gasteiger partial charge is 0.324 e. The summed E-state index contributed by atoms with van der Waals surface area (Å²) in [6.45, 7) is 1.13. The molecular weight excluding hydrogens is 356 g/mol. The highest BCUT2D eigenvalue weighted by atomic mass is 32.2. The van der Waals surface area contributed by atoms with E-state index in [4.69, 9.17) is 9.84 Å². The van der Waals surface area contributed by atoms with Gasteiger partial charge in [0.1, 0.15) is 23.9 Å². The van der Waals surface area contributed by atoms with Crippen molar-refractivity contribution in [2.75, 3.05) is 17.5 Å². The molecule has 6 nitrogen and oxygen atoms in total. The van der Waals surface area contributed by atoms with Crippen LogP contribution in [0.2, 0.25) is 0 Å². The zero-order valence-corrected chi connectivity index (χ0v) is 14.0. The third-order valence-corrected chi connectivity index (χ3v) is 4.95. The zero-order valence-electron chi connectivity index (χ0n) is 13.1. The van der Waals surface area contributed by atoms with Crippen molar-refractivity contribution in [3.8, 4) is 5.75 Å². The van der Waals surface area contributed by atoms with Gasteiger partial charge in [-0.15, -0.1) is 0 Å². The molecule has 0 aliphatic heterocycles. The number of carbonyl (C=O) groups is 1. The molecule has 9 heteroatoms. The summed E-state index contributed by atoms with van der Waals surface area (Å²) in [5, 5.41) is 8.99. The number of hydrogen-bond donors (Lipinski definition) is 1. The average Bonchev–Trinajstić information content (AvgIpc) is 2.54. The molecule has 2 rings (SSSR count). The molecular formula is C16H15F2NO5S. The van der Waals surface area contributed by atoms with Gasteiger partial charge in [0.25, 0.3) is 10.0 Å². The molecule has 2 aromatic rings. The van der Waals surface area contributed by atoms with Crippen molar-refractivity contribution in [2.24, 2.45) is 0 Å². The molecule has 0 atom stereocenters. The van der Waals surface area contributed by atoms with Gasteiger partial charge in [0.2, 0.25) is 0 Å². The van der Waals surface area contributed by atoms with Crippen molar-refractivity contribution >= 4 is 21.7 Å². The fourth-order valence-corrected chi connectivity index (χ4v) is 3.53. The SMILES string of the molecule is CCOc1ccc(S(=O)(=O)N(CC(=O)O)c2ccc(F)cc2F)cc1. The maximum atomic E-state index is 14.0. The van der Waals surface area contributed by atoms with Crippen LogP contribution in [0.3, 0.4) is 0 Å². The van der Waals surface area contributed by atoms with Crippen LogP contribution in [0.1, 0.15) is 6.92 Å². The summed E-state index contributed by atoms with van der Waals surface area (Å²) < 4.78 is 58.1. The normalized spacial score (nSPS) is 11.2. The van der Waals surface area contributed by atoms with E-state index < -0.39 is 39.9 Å². The Bertz CT molecular complexity index is 869. The largest absolute Gasteiger partial charge is 0.494 e. The predicted octanol–water partition coefficient (Wildman–Crippen LogP) is 2.64. The summed E-state index contributed by atoms with van der Waals surface area (Å²) in [5.74, 6) is -3.15. The van der Waals surface area contributed by atoms with Crippen LogP contribution in [0.25, 0.3) is 0 Å². The van der Waals surface area contributed by atoms with Gasteiger partial charge in [0.15, 0.2) is 0 Å². The summed E-state index contributed by atoms with van der Waals surface area (Å²) in [5.41, 5.74) is -0.558. The van der Waals surface area contributed by atoms with E-state index in [1.165, 1.54) is 24.3 Å². The number of nitrogens with zero attached hydrogens (tertiary/aromatic N) is 1. The van der Waals surface area contributed by atoms with Gasteiger partial charge in [-0.3, -0.25) is 9.10 Å². The average molecular weight is 371 g/mol. The van der Waals surface area contributed by atoms with Gasteiger partial charge in [-0.25, -0.2) is 17.2 Å². The lowest BCUT2D eigenvalue weighted by atomic mass is 10.3. The maximum Gasteiger partial charge on any atom is 0.324 e. The summed E-state index contributed by atoms with van der Waals surface area (Å²) >= 11 is 0. The van der Waals surface area contributed by atoms with Crippen molar-refractivity contribution in [2.45, 2.75) is 11.8 Å². The predicted molar refractivity (Wildman–Crippen MR) is 86.1 cm³/mol. The number of aliphatic carboxylic acids is 1. The van der Waals surface area contributed by atoms with Crippen LogP contribution in [-0.2, 0) is 14.8 Å². The first-order chi connectivity index (χ1) is 11.8. The minimum atomic E-state index is -4.38. The maximum absolute atomic E-state index is 14.0. The Morgan fingerprint density at radius 2 is 1.80 bits per heavy atom. The summed E-state index contributed by atoms with van der Waals surface area (Å²) in [6.07, 6.45) is 0. The van der Waals surface area contributed by atoms with Gasteiger partial charge in [-0.1, -0.05) is 0 Å². The first kappa shape index (κ1) is 18.7. The van der Waals surface area contributed by atoms with E-state index in [1.807, 2.05) is 0 Å². The van der Waals surface area contributed by atoms with Crippen LogP contribution in [0.5, 0.6) is 5.75 Å². The number of benzene rings is 2. The van der Waals surface area contributed by atoms with E-state index in [2.05, 4.69) is 0 Å². The Hall–Kier alpha value is -2.68. The molecule has 0 fully saturated rings. The summed E-state index contributed by atoms with van der Waals surface area (Å²) in [7, 11) is -4.38. The first-order valence-corrected chi connectivity index (χ1v) is 8.62. The highest BCUT2D eigenvalue weighted by Crippen LogP contribution is 2.27. The molecule has 0 unspecified atom stereocenters. The molecule has 0 bridgehead atoms. The molecule has 134 valence electrons. The topological polar surface area (TPSA) is 83.9 Å². The number of carboxylic acid groups (broad SMARTS) is 1. The molecule has 2 aromatic carbocycles. The Balaban J connectivity index is 2.50. The molecule has 1 N–H and O–H groups in total.